The summed E-state index contributed by atoms with van der Waals surface area (Å²) in [6.45, 7) is 6.33. The second kappa shape index (κ2) is 11.5. The van der Waals surface area contributed by atoms with E-state index in [9.17, 15) is 0 Å². The predicted molar refractivity (Wildman–Crippen MR) is 223 cm³/mol. The lowest BCUT2D eigenvalue weighted by Gasteiger charge is -2.19. The van der Waals surface area contributed by atoms with Gasteiger partial charge < -0.3 is 0 Å². The summed E-state index contributed by atoms with van der Waals surface area (Å²) in [5, 5.41) is 15.1. The third kappa shape index (κ3) is 4.54. The van der Waals surface area contributed by atoms with Crippen LogP contribution in [0.15, 0.2) is 176 Å². The normalized spacial score (nSPS) is 11.7. The van der Waals surface area contributed by atoms with Crippen LogP contribution in [0.3, 0.4) is 0 Å². The van der Waals surface area contributed by atoms with E-state index in [1.54, 1.807) is 0 Å². The van der Waals surface area contributed by atoms with Gasteiger partial charge in [-0.25, -0.2) is 0 Å². The smallest absolute Gasteiger partial charge is 0.00261 e. The first-order valence-electron chi connectivity index (χ1n) is 17.7. The number of aryl methyl sites for hydroxylation is 1. The lowest BCUT2D eigenvalue weighted by atomic mass is 9.84. The van der Waals surface area contributed by atoms with Crippen molar-refractivity contribution in [3.05, 3.63) is 188 Å². The minimum Gasteiger partial charge on any atom is -0.0984 e. The Morgan fingerprint density at radius 3 is 1.49 bits per heavy atom. The summed E-state index contributed by atoms with van der Waals surface area (Å²) in [5.74, 6) is 0. The van der Waals surface area contributed by atoms with Crippen molar-refractivity contribution in [1.82, 2.24) is 0 Å². The second-order valence-corrected chi connectivity index (χ2v) is 13.7. The van der Waals surface area contributed by atoms with E-state index in [4.69, 9.17) is 0 Å². The molecule has 0 heterocycles. The second-order valence-electron chi connectivity index (χ2n) is 13.7. The molecule has 10 aromatic rings. The Bertz CT molecular complexity index is 2990. The zero-order valence-corrected chi connectivity index (χ0v) is 28.5. The number of hydrogen-bond acceptors (Lipinski definition) is 0. The molecule has 0 fully saturated rings. The maximum atomic E-state index is 4.16. The summed E-state index contributed by atoms with van der Waals surface area (Å²) >= 11 is 0. The summed E-state index contributed by atoms with van der Waals surface area (Å²) < 4.78 is 0. The molecule has 0 aliphatic rings. The van der Waals surface area contributed by atoms with Crippen molar-refractivity contribution in [2.45, 2.75) is 6.92 Å². The van der Waals surface area contributed by atoms with Gasteiger partial charge in [0, 0.05) is 0 Å². The average Bonchev–Trinajstić information content (AvgIpc) is 3.19. The Morgan fingerprint density at radius 2 is 0.843 bits per heavy atom. The first-order valence-corrected chi connectivity index (χ1v) is 17.7. The topological polar surface area (TPSA) is 0 Å². The van der Waals surface area contributed by atoms with E-state index in [1.165, 1.54) is 109 Å². The highest BCUT2D eigenvalue weighted by Gasteiger charge is 2.18. The van der Waals surface area contributed by atoms with Gasteiger partial charge in [0.25, 0.3) is 0 Å². The molecule has 0 bridgehead atoms. The maximum Gasteiger partial charge on any atom is -0.00261 e. The molecule has 10 aromatic carbocycles. The van der Waals surface area contributed by atoms with Gasteiger partial charge in [0.05, 0.1) is 0 Å². The zero-order valence-electron chi connectivity index (χ0n) is 28.5. The molecule has 0 aromatic heterocycles. The fraction of sp³-hybridized carbons (Fsp3) is 0.0196. The minimum atomic E-state index is 1.20. The number of fused-ring (bicyclic) bond motifs is 7. The van der Waals surface area contributed by atoms with Gasteiger partial charge in [-0.2, -0.15) is 0 Å². The van der Waals surface area contributed by atoms with Crippen LogP contribution in [-0.4, -0.2) is 0 Å². The van der Waals surface area contributed by atoms with Crippen molar-refractivity contribution in [1.29, 1.82) is 0 Å². The standard InChI is InChI=1S/C51H34/c1-3-38-32(2)23-24-34-25-27-36(30-47(34)38)50-43-18-8-10-20-45(43)51(46-21-11-9-19-44(46)50)37-28-26-35-29-49(42-17-7-6-16-41(42)48(35)31-37)40-22-12-14-33-13-4-5-15-39(33)40/h3-31H,1H2,2H3. The summed E-state index contributed by atoms with van der Waals surface area (Å²) in [5.41, 5.74) is 9.99. The van der Waals surface area contributed by atoms with Crippen LogP contribution in [-0.2, 0) is 0 Å². The molecule has 238 valence electrons. The van der Waals surface area contributed by atoms with E-state index in [-0.39, 0.29) is 0 Å². The molecule has 51 heavy (non-hydrogen) atoms. The average molecular weight is 647 g/mol. The first kappa shape index (κ1) is 29.4. The molecule has 0 nitrogen and oxygen atoms in total. The van der Waals surface area contributed by atoms with E-state index in [2.05, 4.69) is 183 Å². The number of benzene rings is 10. The lowest BCUT2D eigenvalue weighted by molar-refractivity contribution is 1.48. The molecule has 0 atom stereocenters. The van der Waals surface area contributed by atoms with Gasteiger partial charge in [-0.3, -0.25) is 0 Å². The van der Waals surface area contributed by atoms with Gasteiger partial charge >= 0.3 is 0 Å². The van der Waals surface area contributed by atoms with E-state index in [1.807, 2.05) is 6.08 Å². The van der Waals surface area contributed by atoms with Crippen molar-refractivity contribution >= 4 is 70.7 Å². The van der Waals surface area contributed by atoms with Crippen molar-refractivity contribution in [3.63, 3.8) is 0 Å². The van der Waals surface area contributed by atoms with Gasteiger partial charge in [0.15, 0.2) is 0 Å². The zero-order chi connectivity index (χ0) is 34.1. The summed E-state index contributed by atoms with van der Waals surface area (Å²) in [7, 11) is 0. The Kier molecular flexibility index (Phi) is 6.66. The highest BCUT2D eigenvalue weighted by molar-refractivity contribution is 6.23. The fourth-order valence-corrected chi connectivity index (χ4v) is 8.57. The molecule has 0 aliphatic heterocycles. The van der Waals surface area contributed by atoms with Crippen molar-refractivity contribution < 1.29 is 0 Å². The lowest BCUT2D eigenvalue weighted by Crippen LogP contribution is -1.92. The molecule has 0 radical (unpaired) electrons. The van der Waals surface area contributed by atoms with Crippen molar-refractivity contribution in [2.75, 3.05) is 0 Å². The van der Waals surface area contributed by atoms with Gasteiger partial charge in [-0.15, -0.1) is 0 Å². The first-order chi connectivity index (χ1) is 25.2. The summed E-state index contributed by atoms with van der Waals surface area (Å²) in [6, 6.07) is 62.9. The van der Waals surface area contributed by atoms with Crippen molar-refractivity contribution in [2.24, 2.45) is 0 Å². The fourth-order valence-electron chi connectivity index (χ4n) is 8.57. The van der Waals surface area contributed by atoms with E-state index < -0.39 is 0 Å². The van der Waals surface area contributed by atoms with E-state index >= 15 is 0 Å². The molecule has 0 saturated heterocycles. The van der Waals surface area contributed by atoms with E-state index in [0.717, 1.165) is 0 Å². The van der Waals surface area contributed by atoms with Crippen LogP contribution in [0.25, 0.3) is 104 Å². The Balaban J connectivity index is 1.24. The molecule has 0 aliphatic carbocycles. The molecule has 0 saturated carbocycles. The van der Waals surface area contributed by atoms with Crippen LogP contribution in [0, 0.1) is 6.92 Å². The molecular weight excluding hydrogens is 613 g/mol. The van der Waals surface area contributed by atoms with E-state index in [0.29, 0.717) is 0 Å². The third-order valence-corrected chi connectivity index (χ3v) is 10.9. The Morgan fingerprint density at radius 1 is 0.353 bits per heavy atom. The summed E-state index contributed by atoms with van der Waals surface area (Å²) in [4.78, 5) is 0. The summed E-state index contributed by atoms with van der Waals surface area (Å²) in [6.07, 6.45) is 2.00. The highest BCUT2D eigenvalue weighted by atomic mass is 14.2. The molecule has 0 heteroatoms. The Hall–Kier alpha value is -6.50. The Labute approximate surface area is 297 Å². The molecule has 0 N–H and O–H groups in total. The van der Waals surface area contributed by atoms with Gasteiger partial charge in [-0.05, 0) is 134 Å². The van der Waals surface area contributed by atoms with Gasteiger partial charge in [0.2, 0.25) is 0 Å². The van der Waals surface area contributed by atoms with Crippen LogP contribution in [0.2, 0.25) is 0 Å². The number of rotatable bonds is 4. The van der Waals surface area contributed by atoms with Gasteiger partial charge in [-0.1, -0.05) is 164 Å². The van der Waals surface area contributed by atoms with Crippen LogP contribution < -0.4 is 0 Å². The highest BCUT2D eigenvalue weighted by Crippen LogP contribution is 2.46. The largest absolute Gasteiger partial charge is 0.0984 e. The SMILES string of the molecule is C=Cc1c(C)ccc2ccc(-c3c4ccccc4c(-c4ccc5cc(-c6cccc7ccccc67)c6ccccc6c5c4)c4ccccc34)cc12. The molecule has 0 spiro atoms. The molecular formula is C51H34. The quantitative estimate of drug-likeness (QED) is 0.132. The molecule has 0 unspecified atom stereocenters. The van der Waals surface area contributed by atoms with Crippen LogP contribution in [0.4, 0.5) is 0 Å². The van der Waals surface area contributed by atoms with Crippen molar-refractivity contribution in [3.8, 4) is 33.4 Å². The number of hydrogen-bond donors (Lipinski definition) is 0. The predicted octanol–water partition coefficient (Wildman–Crippen LogP) is 14.6. The van der Waals surface area contributed by atoms with Crippen LogP contribution >= 0.6 is 0 Å². The van der Waals surface area contributed by atoms with Crippen LogP contribution in [0.5, 0.6) is 0 Å². The third-order valence-electron chi connectivity index (χ3n) is 10.9. The van der Waals surface area contributed by atoms with Gasteiger partial charge in [0.1, 0.15) is 0 Å². The van der Waals surface area contributed by atoms with Crippen LogP contribution in [0.1, 0.15) is 11.1 Å². The maximum absolute atomic E-state index is 4.16. The molecule has 10 rings (SSSR count). The molecule has 0 amide bonds. The monoisotopic (exact) mass is 646 g/mol. The minimum absolute atomic E-state index is 1.20.